The fraction of sp³-hybridized carbons (Fsp3) is 0.333. The maximum absolute atomic E-state index is 11.3. The normalized spacial score (nSPS) is 11.0. The van der Waals surface area contributed by atoms with E-state index in [4.69, 9.17) is 4.42 Å². The minimum atomic E-state index is -0.282. The molecule has 0 unspecified atom stereocenters. The number of benzene rings is 1. The molecule has 0 aliphatic heterocycles. The summed E-state index contributed by atoms with van der Waals surface area (Å²) in [5.74, 6) is 0. The molecule has 3 rings (SSSR count). The molecule has 0 radical (unpaired) electrons. The third-order valence-corrected chi connectivity index (χ3v) is 4.35. The number of fused-ring (bicyclic) bond motifs is 1. The molecule has 0 saturated carbocycles. The molecule has 2 heterocycles. The van der Waals surface area contributed by atoms with E-state index in [0.29, 0.717) is 5.58 Å². The minimum absolute atomic E-state index is 0.282. The van der Waals surface area contributed by atoms with Crippen LogP contribution >= 0.6 is 0 Å². The molecule has 3 nitrogen and oxygen atoms in total. The van der Waals surface area contributed by atoms with Crippen molar-refractivity contribution in [3.8, 4) is 0 Å². The van der Waals surface area contributed by atoms with Crippen LogP contribution in [0.2, 0.25) is 0 Å². The molecule has 0 atom stereocenters. The third-order valence-electron chi connectivity index (χ3n) is 4.35. The van der Waals surface area contributed by atoms with Gasteiger partial charge in [0.25, 0.3) is 0 Å². The molecule has 2 aromatic heterocycles. The topological polar surface area (TPSA) is 34.1 Å². The van der Waals surface area contributed by atoms with Crippen LogP contribution in [0.4, 0.5) is 0 Å². The number of hydrogen-bond acceptors (Lipinski definition) is 2. The lowest BCUT2D eigenvalue weighted by molar-refractivity contribution is -0.697. The van der Waals surface area contributed by atoms with Crippen molar-refractivity contribution in [2.45, 2.75) is 45.1 Å². The maximum Gasteiger partial charge on any atom is 0.336 e. The highest BCUT2D eigenvalue weighted by Gasteiger charge is 2.01. The minimum Gasteiger partial charge on any atom is -0.423 e. The molecule has 0 saturated heterocycles. The van der Waals surface area contributed by atoms with E-state index in [1.165, 1.54) is 43.7 Å². The highest BCUT2D eigenvalue weighted by atomic mass is 16.4. The van der Waals surface area contributed by atoms with Crippen LogP contribution in [0, 0.1) is 0 Å². The highest BCUT2D eigenvalue weighted by Crippen LogP contribution is 2.16. The summed E-state index contributed by atoms with van der Waals surface area (Å²) < 4.78 is 7.48. The molecule has 0 N–H and O–H groups in total. The van der Waals surface area contributed by atoms with E-state index in [-0.39, 0.29) is 5.63 Å². The van der Waals surface area contributed by atoms with Gasteiger partial charge in [-0.25, -0.2) is 9.36 Å². The van der Waals surface area contributed by atoms with Gasteiger partial charge in [0, 0.05) is 30.0 Å². The average Bonchev–Trinajstić information content (AvgIpc) is 2.61. The van der Waals surface area contributed by atoms with Crippen molar-refractivity contribution >= 4 is 11.0 Å². The van der Waals surface area contributed by atoms with Gasteiger partial charge in [0.05, 0.1) is 0 Å². The first-order valence-electron chi connectivity index (χ1n) is 8.78. The van der Waals surface area contributed by atoms with Gasteiger partial charge in [-0.2, -0.15) is 0 Å². The van der Waals surface area contributed by atoms with Gasteiger partial charge in [-0.15, -0.1) is 0 Å². The van der Waals surface area contributed by atoms with Crippen molar-refractivity contribution in [3.05, 3.63) is 76.9 Å². The highest BCUT2D eigenvalue weighted by molar-refractivity contribution is 5.76. The van der Waals surface area contributed by atoms with E-state index >= 15 is 0 Å². The summed E-state index contributed by atoms with van der Waals surface area (Å²) in [5.41, 5.74) is 1.66. The standard InChI is InChI=1S/C21H24NO2/c23-21-13-12-19-11-10-18(17-20(19)24-21)9-5-2-1-3-6-14-22-15-7-4-8-16-22/h4,7-8,10-13,15-17H,1-3,5-6,9,14H2/q+1. The van der Waals surface area contributed by atoms with Gasteiger partial charge >= 0.3 is 5.63 Å². The predicted octanol–water partition coefficient (Wildman–Crippen LogP) is 4.27. The van der Waals surface area contributed by atoms with Crippen LogP contribution in [0.1, 0.15) is 37.7 Å². The van der Waals surface area contributed by atoms with Crippen LogP contribution < -0.4 is 10.2 Å². The van der Waals surface area contributed by atoms with Crippen molar-refractivity contribution in [1.29, 1.82) is 0 Å². The van der Waals surface area contributed by atoms with Crippen molar-refractivity contribution < 1.29 is 8.98 Å². The Morgan fingerprint density at radius 1 is 0.833 bits per heavy atom. The summed E-state index contributed by atoms with van der Waals surface area (Å²) in [6.07, 6.45) is 11.5. The third kappa shape index (κ3) is 4.79. The first kappa shape index (κ1) is 16.4. The van der Waals surface area contributed by atoms with Crippen LogP contribution in [0.25, 0.3) is 11.0 Å². The number of pyridine rings is 1. The molecule has 3 aromatic rings. The van der Waals surface area contributed by atoms with Crippen molar-refractivity contribution in [2.75, 3.05) is 0 Å². The summed E-state index contributed by atoms with van der Waals surface area (Å²) in [7, 11) is 0. The monoisotopic (exact) mass is 322 g/mol. The van der Waals surface area contributed by atoms with Crippen LogP contribution in [0.3, 0.4) is 0 Å². The number of rotatable bonds is 8. The number of aromatic nitrogens is 1. The summed E-state index contributed by atoms with van der Waals surface area (Å²) in [4.78, 5) is 11.3. The molecule has 0 aliphatic carbocycles. The zero-order chi connectivity index (χ0) is 16.6. The largest absolute Gasteiger partial charge is 0.423 e. The lowest BCUT2D eigenvalue weighted by Crippen LogP contribution is -2.32. The predicted molar refractivity (Wildman–Crippen MR) is 95.9 cm³/mol. The van der Waals surface area contributed by atoms with Crippen molar-refractivity contribution in [3.63, 3.8) is 0 Å². The molecule has 124 valence electrons. The molecule has 0 fully saturated rings. The summed E-state index contributed by atoms with van der Waals surface area (Å²) in [6.45, 7) is 1.10. The van der Waals surface area contributed by atoms with Gasteiger partial charge in [0.15, 0.2) is 12.4 Å². The molecular weight excluding hydrogens is 298 g/mol. The quantitative estimate of drug-likeness (QED) is 0.352. The Bertz CT molecular complexity index is 824. The van der Waals surface area contributed by atoms with Gasteiger partial charge in [-0.1, -0.05) is 31.0 Å². The Balaban J connectivity index is 1.37. The number of aryl methyl sites for hydroxylation is 2. The van der Waals surface area contributed by atoms with Gasteiger partial charge in [0.2, 0.25) is 0 Å². The van der Waals surface area contributed by atoms with E-state index in [2.05, 4.69) is 41.2 Å². The van der Waals surface area contributed by atoms with Crippen molar-refractivity contribution in [2.24, 2.45) is 0 Å². The van der Waals surface area contributed by atoms with Crippen LogP contribution in [-0.4, -0.2) is 0 Å². The van der Waals surface area contributed by atoms with E-state index in [1.54, 1.807) is 0 Å². The lowest BCUT2D eigenvalue weighted by atomic mass is 10.0. The smallest absolute Gasteiger partial charge is 0.336 e. The first-order valence-corrected chi connectivity index (χ1v) is 8.78. The SMILES string of the molecule is O=c1ccc2ccc(CCCCCCC[n+]3ccccc3)cc2o1. The lowest BCUT2D eigenvalue weighted by Gasteiger charge is -2.03. The molecule has 0 bridgehead atoms. The number of unbranched alkanes of at least 4 members (excludes halogenated alkanes) is 4. The molecule has 1 aromatic carbocycles. The summed E-state index contributed by atoms with van der Waals surface area (Å²) in [5, 5.41) is 0.983. The van der Waals surface area contributed by atoms with Gasteiger partial charge in [0.1, 0.15) is 12.1 Å². The van der Waals surface area contributed by atoms with E-state index < -0.39 is 0 Å². The Kier molecular flexibility index (Phi) is 5.78. The molecule has 0 spiro atoms. The molecule has 0 amide bonds. The molecule has 0 aliphatic rings. The zero-order valence-corrected chi connectivity index (χ0v) is 14.0. The summed E-state index contributed by atoms with van der Waals surface area (Å²) >= 11 is 0. The molecule has 3 heteroatoms. The van der Waals surface area contributed by atoms with E-state index in [1.807, 2.05) is 18.2 Å². The maximum atomic E-state index is 11.3. The Morgan fingerprint density at radius 3 is 2.46 bits per heavy atom. The molecule has 24 heavy (non-hydrogen) atoms. The van der Waals surface area contributed by atoms with Crippen molar-refractivity contribution in [1.82, 2.24) is 0 Å². The summed E-state index contributed by atoms with van der Waals surface area (Å²) in [6, 6.07) is 15.7. The van der Waals surface area contributed by atoms with E-state index in [9.17, 15) is 4.79 Å². The van der Waals surface area contributed by atoms with Crippen LogP contribution in [0.15, 0.2) is 70.1 Å². The van der Waals surface area contributed by atoms with Crippen LogP contribution in [-0.2, 0) is 13.0 Å². The second-order valence-corrected chi connectivity index (χ2v) is 6.26. The van der Waals surface area contributed by atoms with Crippen LogP contribution in [0.5, 0.6) is 0 Å². The zero-order valence-electron chi connectivity index (χ0n) is 14.0. The second kappa shape index (κ2) is 8.44. The number of hydrogen-bond donors (Lipinski definition) is 0. The fourth-order valence-electron chi connectivity index (χ4n) is 3.00. The first-order chi connectivity index (χ1) is 11.8. The Hall–Kier alpha value is -2.42. The Morgan fingerprint density at radius 2 is 1.58 bits per heavy atom. The second-order valence-electron chi connectivity index (χ2n) is 6.26. The van der Waals surface area contributed by atoms with Gasteiger partial charge < -0.3 is 4.42 Å². The van der Waals surface area contributed by atoms with E-state index in [0.717, 1.165) is 18.4 Å². The van der Waals surface area contributed by atoms with Gasteiger partial charge in [-0.3, -0.25) is 0 Å². The average molecular weight is 322 g/mol. The van der Waals surface area contributed by atoms with Gasteiger partial charge in [-0.05, 0) is 37.0 Å². The molecular formula is C21H24NO2+. The number of nitrogens with zero attached hydrogens (tertiary/aromatic N) is 1. The fourth-order valence-corrected chi connectivity index (χ4v) is 3.00. The Labute approximate surface area is 142 Å².